The number of rotatable bonds is 19. The van der Waals surface area contributed by atoms with Gasteiger partial charge in [-0.15, -0.1) is 0 Å². The molecule has 0 spiro atoms. The molecule has 3 aromatic carbocycles. The molecule has 15 nitrogen and oxygen atoms in total. The smallest absolute Gasteiger partial charge is 0.242 e. The Balaban J connectivity index is 0.000000209. The first-order chi connectivity index (χ1) is 28.9. The van der Waals surface area contributed by atoms with Crippen LogP contribution >= 0.6 is 23.2 Å². The Morgan fingerprint density at radius 3 is 1.70 bits per heavy atom. The number of nitrogens with one attached hydrogen (secondary N) is 2. The summed E-state index contributed by atoms with van der Waals surface area (Å²) in [6, 6.07) is 20.3. The first-order valence-electron chi connectivity index (χ1n) is 19.5. The van der Waals surface area contributed by atoms with E-state index < -0.39 is 21.0 Å². The topological polar surface area (TPSA) is 207 Å². The normalized spacial score (nSPS) is 12.4. The van der Waals surface area contributed by atoms with Crippen molar-refractivity contribution < 1.29 is 22.1 Å². The summed E-state index contributed by atoms with van der Waals surface area (Å²) in [6.07, 6.45) is 6.20. The average molecular weight is 898 g/mol. The zero-order valence-corrected chi connectivity index (χ0v) is 36.9. The summed E-state index contributed by atoms with van der Waals surface area (Å²) in [7, 11) is -1.39. The number of nitrogens with two attached hydrogens (primary N) is 2. The molecule has 7 aromatic rings. The quantitative estimate of drug-likeness (QED) is 0.0650. The predicted octanol–water partition coefficient (Wildman–Crippen LogP) is 6.44. The van der Waals surface area contributed by atoms with Gasteiger partial charge in [-0.05, 0) is 49.9 Å². The number of fused-ring (bicyclic) bond motifs is 6. The summed E-state index contributed by atoms with van der Waals surface area (Å²) in [6.45, 7) is 3.58. The molecular formula is C41H50Cl2N10O5S2. The van der Waals surface area contributed by atoms with Gasteiger partial charge in [0.15, 0.2) is 11.6 Å². The molecule has 7 rings (SSSR count). The van der Waals surface area contributed by atoms with Crippen LogP contribution in [0, 0.1) is 0 Å². The average Bonchev–Trinajstić information content (AvgIpc) is 3.79. The Morgan fingerprint density at radius 2 is 1.20 bits per heavy atom. The summed E-state index contributed by atoms with van der Waals surface area (Å²) in [5.74, 6) is 2.66. The van der Waals surface area contributed by atoms with Gasteiger partial charge in [0.1, 0.15) is 27.6 Å². The Morgan fingerprint density at radius 1 is 0.700 bits per heavy atom. The number of ether oxygens (including phenoxy) is 2. The van der Waals surface area contributed by atoms with E-state index in [1.165, 1.54) is 6.07 Å². The summed E-state index contributed by atoms with van der Waals surface area (Å²) >= 11 is 12.0. The van der Waals surface area contributed by atoms with Crippen LogP contribution in [0.25, 0.3) is 43.9 Å². The second-order valence-electron chi connectivity index (χ2n) is 14.0. The molecule has 4 heterocycles. The van der Waals surface area contributed by atoms with Gasteiger partial charge >= 0.3 is 0 Å². The lowest BCUT2D eigenvalue weighted by molar-refractivity contribution is 0.199. The first-order valence-corrected chi connectivity index (χ1v) is 23.3. The SMILES string of the molecule is COCCc1nc2c(N)nc3ccccc3c2n1CCCCNS(=O)(=O)c1cccc(Cl)c1Cl.COCCc1nc2c(N)nc3ccccc3c2n1CCCCNS(C)=O. The molecule has 0 amide bonds. The zero-order chi connectivity index (χ0) is 42.8. The van der Waals surface area contributed by atoms with E-state index in [1.807, 2.05) is 42.5 Å². The maximum absolute atomic E-state index is 12.6. The largest absolute Gasteiger partial charge is 0.384 e. The number of nitrogen functional groups attached to an aromatic ring is 2. The number of hydrogen-bond acceptors (Lipinski definition) is 11. The van der Waals surface area contributed by atoms with Gasteiger partial charge in [-0.25, -0.2) is 42.0 Å². The molecule has 0 radical (unpaired) electrons. The third-order valence-corrected chi connectivity index (χ3v) is 12.9. The Hall–Kier alpha value is -4.46. The van der Waals surface area contributed by atoms with Crippen LogP contribution in [0.5, 0.6) is 0 Å². The molecule has 19 heteroatoms. The lowest BCUT2D eigenvalue weighted by Gasteiger charge is -2.12. The van der Waals surface area contributed by atoms with Crippen LogP contribution < -0.4 is 20.9 Å². The van der Waals surface area contributed by atoms with Gasteiger partial charge in [0.2, 0.25) is 10.0 Å². The van der Waals surface area contributed by atoms with Crippen LogP contribution in [-0.2, 0) is 56.4 Å². The highest BCUT2D eigenvalue weighted by Crippen LogP contribution is 2.32. The van der Waals surface area contributed by atoms with Gasteiger partial charge in [-0.2, -0.15) is 0 Å². The molecule has 0 saturated carbocycles. The zero-order valence-electron chi connectivity index (χ0n) is 33.8. The van der Waals surface area contributed by atoms with Crippen LogP contribution in [0.3, 0.4) is 0 Å². The number of imidazole rings is 2. The maximum atomic E-state index is 12.6. The molecule has 0 fully saturated rings. The molecule has 1 unspecified atom stereocenters. The van der Waals surface area contributed by atoms with E-state index in [4.69, 9.17) is 54.1 Å². The van der Waals surface area contributed by atoms with Gasteiger partial charge in [-0.1, -0.05) is 65.7 Å². The van der Waals surface area contributed by atoms with E-state index in [-0.39, 0.29) is 21.5 Å². The van der Waals surface area contributed by atoms with Crippen molar-refractivity contribution in [1.82, 2.24) is 38.5 Å². The molecule has 0 aliphatic rings. The third kappa shape index (κ3) is 10.5. The van der Waals surface area contributed by atoms with Crippen molar-refractivity contribution in [3.63, 3.8) is 0 Å². The van der Waals surface area contributed by atoms with E-state index in [9.17, 15) is 12.6 Å². The standard InChI is InChI=1S/C23H25Cl2N5O3S.C18H25N5O2S/c1-33-14-11-19-29-21-22(15-7-2-3-9-17(15)28-23(21)26)30(19)13-5-4-12-27-34(31,32)18-10-6-8-16(24)20(18)25;1-25-12-9-15-22-16-17(23(15)11-6-5-10-20-26(2)24)13-7-3-4-8-14(13)21-18(16)19/h2-3,6-10,27H,4-5,11-14H2,1H3,(H2,26,28);3-4,7-8,20H,5-6,9-12H2,1-2H3,(H2,19,21). The molecule has 6 N–H and O–H groups in total. The lowest BCUT2D eigenvalue weighted by Crippen LogP contribution is -2.25. The number of unbranched alkanes of at least 4 members (excludes halogenated alkanes) is 2. The Kier molecular flexibility index (Phi) is 15.7. The summed E-state index contributed by atoms with van der Waals surface area (Å²) < 4.78 is 56.8. The van der Waals surface area contributed by atoms with Gasteiger partial charge < -0.3 is 30.1 Å². The minimum atomic E-state index is -3.76. The van der Waals surface area contributed by atoms with Crippen molar-refractivity contribution in [2.24, 2.45) is 0 Å². The number of aromatic nitrogens is 6. The van der Waals surface area contributed by atoms with Crippen molar-refractivity contribution in [3.05, 3.63) is 88.4 Å². The lowest BCUT2D eigenvalue weighted by atomic mass is 10.2. The number of anilines is 2. The fourth-order valence-electron chi connectivity index (χ4n) is 7.04. The number of para-hydroxylation sites is 2. The minimum absolute atomic E-state index is 0.0161. The van der Waals surface area contributed by atoms with E-state index in [1.54, 1.807) is 32.6 Å². The molecule has 0 aliphatic heterocycles. The van der Waals surface area contributed by atoms with E-state index in [0.717, 1.165) is 82.4 Å². The maximum Gasteiger partial charge on any atom is 0.242 e. The number of methoxy groups -OCH3 is 2. The second kappa shape index (κ2) is 20.9. The number of aryl methyl sites for hydroxylation is 2. The molecule has 0 saturated heterocycles. The number of nitrogens with zero attached hydrogens (tertiary/aromatic N) is 6. The number of hydrogen-bond donors (Lipinski definition) is 4. The molecule has 4 aromatic heterocycles. The van der Waals surface area contributed by atoms with E-state index in [2.05, 4.69) is 34.6 Å². The van der Waals surface area contributed by atoms with Gasteiger partial charge in [0.25, 0.3) is 0 Å². The van der Waals surface area contributed by atoms with Crippen LogP contribution in [-0.4, -0.2) is 88.5 Å². The summed E-state index contributed by atoms with van der Waals surface area (Å²) in [5, 5.41) is 2.24. The fourth-order valence-corrected chi connectivity index (χ4v) is 9.31. The monoisotopic (exact) mass is 896 g/mol. The highest BCUT2D eigenvalue weighted by atomic mass is 35.5. The molecular weight excluding hydrogens is 848 g/mol. The van der Waals surface area contributed by atoms with E-state index >= 15 is 0 Å². The Bertz CT molecular complexity index is 2730. The second-order valence-corrected chi connectivity index (χ2v) is 17.7. The number of halogens is 2. The summed E-state index contributed by atoms with van der Waals surface area (Å²) in [4.78, 5) is 18.5. The van der Waals surface area contributed by atoms with Crippen molar-refractivity contribution in [2.45, 2.75) is 56.5 Å². The van der Waals surface area contributed by atoms with Crippen molar-refractivity contribution in [1.29, 1.82) is 0 Å². The van der Waals surface area contributed by atoms with Gasteiger partial charge in [-0.3, -0.25) is 0 Å². The van der Waals surface area contributed by atoms with Crippen LogP contribution in [0.2, 0.25) is 10.0 Å². The first kappa shape index (κ1) is 45.1. The minimum Gasteiger partial charge on any atom is -0.384 e. The Labute approximate surface area is 361 Å². The molecule has 1 atom stereocenters. The molecule has 320 valence electrons. The molecule has 0 bridgehead atoms. The van der Waals surface area contributed by atoms with Gasteiger partial charge in [0, 0.05) is 70.3 Å². The van der Waals surface area contributed by atoms with Crippen LogP contribution in [0.1, 0.15) is 37.3 Å². The number of benzene rings is 3. The molecule has 60 heavy (non-hydrogen) atoms. The number of pyridine rings is 2. The summed E-state index contributed by atoms with van der Waals surface area (Å²) in [5.41, 5.74) is 17.5. The predicted molar refractivity (Wildman–Crippen MR) is 242 cm³/mol. The number of sulfonamides is 1. The highest BCUT2D eigenvalue weighted by Gasteiger charge is 2.21. The van der Waals surface area contributed by atoms with Gasteiger partial charge in [0.05, 0.1) is 56.3 Å². The van der Waals surface area contributed by atoms with E-state index in [0.29, 0.717) is 56.2 Å². The van der Waals surface area contributed by atoms with Crippen molar-refractivity contribution in [2.75, 3.05) is 58.2 Å². The van der Waals surface area contributed by atoms with Crippen LogP contribution in [0.15, 0.2) is 71.6 Å². The highest BCUT2D eigenvalue weighted by molar-refractivity contribution is 7.89. The van der Waals surface area contributed by atoms with Crippen molar-refractivity contribution >= 4 is 99.7 Å². The van der Waals surface area contributed by atoms with Crippen LogP contribution in [0.4, 0.5) is 11.6 Å². The molecule has 0 aliphatic carbocycles. The third-order valence-electron chi connectivity index (χ3n) is 9.86. The fraction of sp³-hybridized carbons (Fsp3) is 0.366. The van der Waals surface area contributed by atoms with Crippen molar-refractivity contribution in [3.8, 4) is 0 Å².